The molecular weight excluding hydrogens is 300 g/mol. The third-order valence-electron chi connectivity index (χ3n) is 3.92. The molecule has 118 valence electrons. The number of rotatable bonds is 2. The third kappa shape index (κ3) is 3.31. The summed E-state index contributed by atoms with van der Waals surface area (Å²) in [5.74, 6) is 0.0230. The Labute approximate surface area is 136 Å². The van der Waals surface area contributed by atoms with Crippen molar-refractivity contribution in [1.82, 2.24) is 20.4 Å². The van der Waals surface area contributed by atoms with E-state index in [0.717, 1.165) is 30.9 Å². The number of hydrogen-bond donors (Lipinski definition) is 2. The number of benzene rings is 1. The van der Waals surface area contributed by atoms with Gasteiger partial charge in [0.25, 0.3) is 5.91 Å². The third-order valence-corrected chi connectivity index (χ3v) is 3.92. The summed E-state index contributed by atoms with van der Waals surface area (Å²) in [6.07, 6.45) is 0. The Morgan fingerprint density at radius 3 is 2.73 bits per heavy atom. The molecule has 3 rings (SSSR count). The zero-order valence-corrected chi connectivity index (χ0v) is 13.6. The van der Waals surface area contributed by atoms with E-state index in [1.807, 2.05) is 35.2 Å². The van der Waals surface area contributed by atoms with Crippen LogP contribution in [0.15, 0.2) is 30.3 Å². The Bertz CT molecular complexity index is 638. The number of piperazine rings is 1. The van der Waals surface area contributed by atoms with Gasteiger partial charge in [0.15, 0.2) is 0 Å². The van der Waals surface area contributed by atoms with Crippen LogP contribution in [-0.2, 0) is 0 Å². The number of aryl methyl sites for hydroxylation is 1. The number of aromatic amines is 1. The Morgan fingerprint density at radius 1 is 1.32 bits per heavy atom. The molecular formula is C16H21ClN4O. The summed E-state index contributed by atoms with van der Waals surface area (Å²) in [6, 6.07) is 10.2. The molecule has 1 fully saturated rings. The summed E-state index contributed by atoms with van der Waals surface area (Å²) in [7, 11) is 0. The van der Waals surface area contributed by atoms with Crippen molar-refractivity contribution in [1.29, 1.82) is 0 Å². The molecule has 1 aliphatic heterocycles. The molecule has 1 aromatic carbocycles. The molecule has 1 atom stereocenters. The number of nitrogens with zero attached hydrogens (tertiary/aromatic N) is 2. The molecule has 1 saturated heterocycles. The van der Waals surface area contributed by atoms with Crippen molar-refractivity contribution in [3.8, 4) is 11.3 Å². The van der Waals surface area contributed by atoms with Gasteiger partial charge < -0.3 is 10.2 Å². The zero-order valence-electron chi connectivity index (χ0n) is 12.8. The van der Waals surface area contributed by atoms with Crippen LogP contribution in [0.4, 0.5) is 0 Å². The number of aromatic nitrogens is 2. The second-order valence-corrected chi connectivity index (χ2v) is 5.58. The van der Waals surface area contributed by atoms with E-state index in [1.165, 1.54) is 5.56 Å². The Hall–Kier alpha value is -1.85. The van der Waals surface area contributed by atoms with Crippen molar-refractivity contribution in [2.75, 3.05) is 19.6 Å². The molecule has 5 nitrogen and oxygen atoms in total. The molecule has 1 aromatic heterocycles. The lowest BCUT2D eigenvalue weighted by Gasteiger charge is -2.33. The number of carbonyl (C=O) groups excluding carboxylic acids is 1. The van der Waals surface area contributed by atoms with Crippen molar-refractivity contribution in [2.45, 2.75) is 19.9 Å². The molecule has 2 N–H and O–H groups in total. The standard InChI is InChI=1S/C16H20N4O.ClH/c1-11-3-5-13(6-4-11)14-9-15(19-18-14)16(21)20-8-7-17-10-12(20)2;/h3-6,9,12,17H,7-8,10H2,1-2H3,(H,18,19);1H. The molecule has 1 unspecified atom stereocenters. The van der Waals surface area contributed by atoms with E-state index >= 15 is 0 Å². The van der Waals surface area contributed by atoms with Gasteiger partial charge in [0, 0.05) is 31.2 Å². The molecule has 0 saturated carbocycles. The summed E-state index contributed by atoms with van der Waals surface area (Å²) >= 11 is 0. The van der Waals surface area contributed by atoms with Gasteiger partial charge >= 0.3 is 0 Å². The number of carbonyl (C=O) groups is 1. The van der Waals surface area contributed by atoms with Gasteiger partial charge in [0.2, 0.25) is 0 Å². The van der Waals surface area contributed by atoms with Gasteiger partial charge in [-0.3, -0.25) is 9.89 Å². The average Bonchev–Trinajstić information content (AvgIpc) is 2.98. The monoisotopic (exact) mass is 320 g/mol. The SMILES string of the molecule is Cc1ccc(-c2cc(C(=O)N3CCNCC3C)[nH]n2)cc1.Cl. The summed E-state index contributed by atoms with van der Waals surface area (Å²) in [5, 5.41) is 10.4. The van der Waals surface area contributed by atoms with Crippen LogP contribution in [0, 0.1) is 6.92 Å². The number of H-pyrrole nitrogens is 1. The van der Waals surface area contributed by atoms with Crippen LogP contribution >= 0.6 is 12.4 Å². The first-order chi connectivity index (χ1) is 10.1. The highest BCUT2D eigenvalue weighted by Gasteiger charge is 2.25. The van der Waals surface area contributed by atoms with Crippen LogP contribution in [0.2, 0.25) is 0 Å². The van der Waals surface area contributed by atoms with Gasteiger partial charge in [-0.2, -0.15) is 5.10 Å². The summed E-state index contributed by atoms with van der Waals surface area (Å²) in [4.78, 5) is 14.4. The van der Waals surface area contributed by atoms with Gasteiger partial charge in [-0.1, -0.05) is 29.8 Å². The van der Waals surface area contributed by atoms with Crippen LogP contribution in [0.5, 0.6) is 0 Å². The highest BCUT2D eigenvalue weighted by atomic mass is 35.5. The summed E-state index contributed by atoms with van der Waals surface area (Å²) in [5.41, 5.74) is 3.59. The molecule has 0 radical (unpaired) electrons. The van der Waals surface area contributed by atoms with E-state index < -0.39 is 0 Å². The number of halogens is 1. The minimum Gasteiger partial charge on any atom is -0.332 e. The Morgan fingerprint density at radius 2 is 2.05 bits per heavy atom. The average molecular weight is 321 g/mol. The fraction of sp³-hybridized carbons (Fsp3) is 0.375. The molecule has 0 aliphatic carbocycles. The van der Waals surface area contributed by atoms with E-state index in [2.05, 4.69) is 29.4 Å². The lowest BCUT2D eigenvalue weighted by molar-refractivity contribution is 0.0649. The maximum atomic E-state index is 12.5. The molecule has 2 heterocycles. The highest BCUT2D eigenvalue weighted by molar-refractivity contribution is 5.93. The minimum absolute atomic E-state index is 0. The van der Waals surface area contributed by atoms with Crippen LogP contribution in [-0.4, -0.2) is 46.7 Å². The van der Waals surface area contributed by atoms with Crippen molar-refractivity contribution >= 4 is 18.3 Å². The Balaban J connectivity index is 0.00000176. The number of amides is 1. The normalized spacial score (nSPS) is 17.9. The smallest absolute Gasteiger partial charge is 0.272 e. The van der Waals surface area contributed by atoms with Crippen molar-refractivity contribution in [3.63, 3.8) is 0 Å². The maximum Gasteiger partial charge on any atom is 0.272 e. The van der Waals surface area contributed by atoms with E-state index in [9.17, 15) is 4.79 Å². The van der Waals surface area contributed by atoms with E-state index in [4.69, 9.17) is 0 Å². The molecule has 0 bridgehead atoms. The predicted octanol–water partition coefficient (Wildman–Crippen LogP) is 2.24. The van der Waals surface area contributed by atoms with Crippen LogP contribution < -0.4 is 5.32 Å². The lowest BCUT2D eigenvalue weighted by atomic mass is 10.1. The highest BCUT2D eigenvalue weighted by Crippen LogP contribution is 2.19. The summed E-state index contributed by atoms with van der Waals surface area (Å²) < 4.78 is 0. The largest absolute Gasteiger partial charge is 0.332 e. The first-order valence-corrected chi connectivity index (χ1v) is 7.29. The molecule has 1 aliphatic rings. The molecule has 1 amide bonds. The van der Waals surface area contributed by atoms with Crippen LogP contribution in [0.25, 0.3) is 11.3 Å². The Kier molecular flexibility index (Phi) is 5.21. The second-order valence-electron chi connectivity index (χ2n) is 5.58. The van der Waals surface area contributed by atoms with Crippen molar-refractivity contribution in [2.24, 2.45) is 0 Å². The summed E-state index contributed by atoms with van der Waals surface area (Å²) in [6.45, 7) is 6.52. The van der Waals surface area contributed by atoms with Crippen LogP contribution in [0.3, 0.4) is 0 Å². The van der Waals surface area contributed by atoms with E-state index in [1.54, 1.807) is 0 Å². The molecule has 0 spiro atoms. The van der Waals surface area contributed by atoms with Gasteiger partial charge in [0.05, 0.1) is 5.69 Å². The number of hydrogen-bond acceptors (Lipinski definition) is 3. The first-order valence-electron chi connectivity index (χ1n) is 7.29. The predicted molar refractivity (Wildman–Crippen MR) is 89.4 cm³/mol. The topological polar surface area (TPSA) is 61.0 Å². The van der Waals surface area contributed by atoms with E-state index in [0.29, 0.717) is 5.69 Å². The van der Waals surface area contributed by atoms with Gasteiger partial charge in [-0.15, -0.1) is 12.4 Å². The number of nitrogens with one attached hydrogen (secondary N) is 2. The molecule has 22 heavy (non-hydrogen) atoms. The molecule has 2 aromatic rings. The molecule has 6 heteroatoms. The van der Waals surface area contributed by atoms with Gasteiger partial charge in [-0.25, -0.2) is 0 Å². The fourth-order valence-electron chi connectivity index (χ4n) is 2.60. The van der Waals surface area contributed by atoms with Gasteiger partial charge in [0.1, 0.15) is 5.69 Å². The van der Waals surface area contributed by atoms with Crippen molar-refractivity contribution < 1.29 is 4.79 Å². The second kappa shape index (κ2) is 6.94. The quantitative estimate of drug-likeness (QED) is 0.892. The first kappa shape index (κ1) is 16.5. The maximum absolute atomic E-state index is 12.5. The van der Waals surface area contributed by atoms with Crippen LogP contribution in [0.1, 0.15) is 23.0 Å². The van der Waals surface area contributed by atoms with Crippen molar-refractivity contribution in [3.05, 3.63) is 41.6 Å². The van der Waals surface area contributed by atoms with Gasteiger partial charge in [-0.05, 0) is 19.9 Å². The fourth-order valence-corrected chi connectivity index (χ4v) is 2.60. The lowest BCUT2D eigenvalue weighted by Crippen LogP contribution is -2.52. The minimum atomic E-state index is 0. The van der Waals surface area contributed by atoms with E-state index in [-0.39, 0.29) is 24.4 Å². The zero-order chi connectivity index (χ0) is 14.8.